The number of benzene rings is 1. The number of carbonyl (C=O) groups is 1. The van der Waals surface area contributed by atoms with Gasteiger partial charge in [0.1, 0.15) is 6.10 Å². The molecule has 1 aromatic rings. The van der Waals surface area contributed by atoms with Gasteiger partial charge in [-0.25, -0.2) is 13.6 Å². The molecule has 0 saturated carbocycles. The van der Waals surface area contributed by atoms with E-state index in [0.717, 1.165) is 24.8 Å². The fourth-order valence-corrected chi connectivity index (χ4v) is 2.56. The minimum Gasteiger partial charge on any atom is -0.368 e. The molecule has 0 spiro atoms. The molecule has 2 rings (SSSR count). The molecule has 1 aromatic carbocycles. The van der Waals surface area contributed by atoms with Crippen LogP contribution in [0.1, 0.15) is 24.8 Å². The average molecular weight is 298 g/mol. The molecule has 0 aromatic heterocycles. The number of rotatable bonds is 4. The number of nitrogens with one attached hydrogen (secondary N) is 1. The molecule has 20 heavy (non-hydrogen) atoms. The molecule has 1 saturated heterocycles. The Labute approximate surface area is 118 Å². The highest BCUT2D eigenvalue weighted by Crippen LogP contribution is 2.13. The fourth-order valence-electron chi connectivity index (χ4n) is 2.05. The van der Waals surface area contributed by atoms with Crippen LogP contribution in [-0.4, -0.2) is 27.0 Å². The third-order valence-electron chi connectivity index (χ3n) is 3.19. The first-order chi connectivity index (χ1) is 9.47. The second-order valence-electron chi connectivity index (χ2n) is 4.76. The molecule has 0 aliphatic carbocycles. The standard InChI is InChI=1S/C13H18N2O4S/c14-20(17,18)11-6-4-10(5-7-11)9-15-13(16)12-3-1-2-8-19-12/h4-7,12H,1-3,8-9H2,(H,15,16)(H2,14,17,18). The summed E-state index contributed by atoms with van der Waals surface area (Å²) in [5.41, 5.74) is 0.807. The molecule has 0 radical (unpaired) electrons. The maximum Gasteiger partial charge on any atom is 0.249 e. The summed E-state index contributed by atoms with van der Waals surface area (Å²) in [6.45, 7) is 0.963. The summed E-state index contributed by atoms with van der Waals surface area (Å²) < 4.78 is 27.6. The van der Waals surface area contributed by atoms with Gasteiger partial charge in [0.15, 0.2) is 0 Å². The van der Waals surface area contributed by atoms with Gasteiger partial charge in [0.2, 0.25) is 15.9 Å². The van der Waals surface area contributed by atoms with Gasteiger partial charge in [-0.2, -0.15) is 0 Å². The lowest BCUT2D eigenvalue weighted by Gasteiger charge is -2.21. The molecule has 1 unspecified atom stereocenters. The Bertz CT molecular complexity index is 563. The number of ether oxygens (including phenoxy) is 1. The molecule has 7 heteroatoms. The quantitative estimate of drug-likeness (QED) is 0.846. The van der Waals surface area contributed by atoms with Gasteiger partial charge in [-0.05, 0) is 37.0 Å². The lowest BCUT2D eigenvalue weighted by Crippen LogP contribution is -2.37. The SMILES string of the molecule is NS(=O)(=O)c1ccc(CNC(=O)C2CCCCO2)cc1. The van der Waals surface area contributed by atoms with E-state index < -0.39 is 10.0 Å². The number of carbonyl (C=O) groups excluding carboxylic acids is 1. The summed E-state index contributed by atoms with van der Waals surface area (Å²) in [6.07, 6.45) is 2.38. The molecule has 1 heterocycles. The smallest absolute Gasteiger partial charge is 0.249 e. The highest BCUT2D eigenvalue weighted by molar-refractivity contribution is 7.89. The van der Waals surface area contributed by atoms with Gasteiger partial charge in [-0.15, -0.1) is 0 Å². The van der Waals surface area contributed by atoms with Crippen LogP contribution in [0.25, 0.3) is 0 Å². The maximum atomic E-state index is 11.8. The van der Waals surface area contributed by atoms with E-state index in [1.54, 1.807) is 12.1 Å². The summed E-state index contributed by atoms with van der Waals surface area (Å²) in [5, 5.41) is 7.79. The number of sulfonamides is 1. The zero-order valence-electron chi connectivity index (χ0n) is 11.0. The largest absolute Gasteiger partial charge is 0.368 e. The van der Waals surface area contributed by atoms with Gasteiger partial charge in [0.25, 0.3) is 0 Å². The molecule has 1 atom stereocenters. The molecule has 1 amide bonds. The highest BCUT2D eigenvalue weighted by Gasteiger charge is 2.21. The van der Waals surface area contributed by atoms with Crippen molar-refractivity contribution < 1.29 is 17.9 Å². The summed E-state index contributed by atoms with van der Waals surface area (Å²) >= 11 is 0. The van der Waals surface area contributed by atoms with Gasteiger partial charge < -0.3 is 10.1 Å². The summed E-state index contributed by atoms with van der Waals surface area (Å²) in [7, 11) is -3.68. The Kier molecular flexibility index (Phi) is 4.74. The lowest BCUT2D eigenvalue weighted by molar-refractivity contribution is -0.135. The second-order valence-corrected chi connectivity index (χ2v) is 6.32. The Balaban J connectivity index is 1.89. The molecular weight excluding hydrogens is 280 g/mol. The van der Waals surface area contributed by atoms with Crippen LogP contribution in [0, 0.1) is 0 Å². The van der Waals surface area contributed by atoms with Crippen LogP contribution in [0.2, 0.25) is 0 Å². The monoisotopic (exact) mass is 298 g/mol. The van der Waals surface area contributed by atoms with Crippen LogP contribution < -0.4 is 10.5 Å². The van der Waals surface area contributed by atoms with Crippen molar-refractivity contribution in [3.05, 3.63) is 29.8 Å². The zero-order chi connectivity index (χ0) is 14.6. The Hall–Kier alpha value is -1.44. The van der Waals surface area contributed by atoms with E-state index in [0.29, 0.717) is 13.2 Å². The minimum absolute atomic E-state index is 0.0585. The van der Waals surface area contributed by atoms with Crippen molar-refractivity contribution in [3.63, 3.8) is 0 Å². The number of hydrogen-bond acceptors (Lipinski definition) is 4. The van der Waals surface area contributed by atoms with E-state index in [-0.39, 0.29) is 16.9 Å². The van der Waals surface area contributed by atoms with Crippen molar-refractivity contribution in [2.75, 3.05) is 6.61 Å². The summed E-state index contributed by atoms with van der Waals surface area (Å²) in [6, 6.07) is 6.10. The highest BCUT2D eigenvalue weighted by atomic mass is 32.2. The van der Waals surface area contributed by atoms with Crippen molar-refractivity contribution in [2.24, 2.45) is 5.14 Å². The van der Waals surface area contributed by atoms with E-state index in [2.05, 4.69) is 5.32 Å². The topological polar surface area (TPSA) is 98.5 Å². The first-order valence-corrected chi connectivity index (χ1v) is 8.02. The van der Waals surface area contributed by atoms with Crippen molar-refractivity contribution >= 4 is 15.9 Å². The van der Waals surface area contributed by atoms with Gasteiger partial charge in [0, 0.05) is 13.2 Å². The molecule has 1 fully saturated rings. The van der Waals surface area contributed by atoms with Crippen LogP contribution in [0.15, 0.2) is 29.2 Å². The molecule has 3 N–H and O–H groups in total. The van der Waals surface area contributed by atoms with Crippen molar-refractivity contribution in [2.45, 2.75) is 36.8 Å². The number of hydrogen-bond donors (Lipinski definition) is 2. The average Bonchev–Trinajstić information content (AvgIpc) is 2.45. The Morgan fingerprint density at radius 3 is 2.55 bits per heavy atom. The fraction of sp³-hybridized carbons (Fsp3) is 0.462. The molecule has 1 aliphatic heterocycles. The molecule has 1 aliphatic rings. The van der Waals surface area contributed by atoms with Crippen LogP contribution in [0.4, 0.5) is 0 Å². The Morgan fingerprint density at radius 2 is 2.00 bits per heavy atom. The van der Waals surface area contributed by atoms with E-state index >= 15 is 0 Å². The summed E-state index contributed by atoms with van der Waals surface area (Å²) in [5.74, 6) is -0.125. The minimum atomic E-state index is -3.68. The van der Waals surface area contributed by atoms with Crippen LogP contribution in [0.5, 0.6) is 0 Å². The molecule has 0 bridgehead atoms. The van der Waals surface area contributed by atoms with Gasteiger partial charge in [-0.3, -0.25) is 4.79 Å². The van der Waals surface area contributed by atoms with Crippen LogP contribution in [-0.2, 0) is 26.1 Å². The normalized spacial score (nSPS) is 19.6. The molecule has 6 nitrogen and oxygen atoms in total. The lowest BCUT2D eigenvalue weighted by atomic mass is 10.1. The van der Waals surface area contributed by atoms with E-state index in [1.807, 2.05) is 0 Å². The van der Waals surface area contributed by atoms with Gasteiger partial charge in [0.05, 0.1) is 4.90 Å². The van der Waals surface area contributed by atoms with Gasteiger partial charge >= 0.3 is 0 Å². The maximum absolute atomic E-state index is 11.8. The predicted molar refractivity (Wildman–Crippen MR) is 73.3 cm³/mol. The molecular formula is C13H18N2O4S. The van der Waals surface area contributed by atoms with Gasteiger partial charge in [-0.1, -0.05) is 12.1 Å². The Morgan fingerprint density at radius 1 is 1.30 bits per heavy atom. The number of primary sulfonamides is 1. The van der Waals surface area contributed by atoms with E-state index in [4.69, 9.17) is 9.88 Å². The van der Waals surface area contributed by atoms with E-state index in [1.165, 1.54) is 12.1 Å². The van der Waals surface area contributed by atoms with Crippen LogP contribution in [0.3, 0.4) is 0 Å². The van der Waals surface area contributed by atoms with Crippen LogP contribution >= 0.6 is 0 Å². The third kappa shape index (κ3) is 4.03. The summed E-state index contributed by atoms with van der Waals surface area (Å²) in [4.78, 5) is 11.9. The van der Waals surface area contributed by atoms with Crippen molar-refractivity contribution in [3.8, 4) is 0 Å². The second kappa shape index (κ2) is 6.34. The number of nitrogens with two attached hydrogens (primary N) is 1. The predicted octanol–water partition coefficient (Wildman–Crippen LogP) is 0.519. The zero-order valence-corrected chi connectivity index (χ0v) is 11.9. The third-order valence-corrected chi connectivity index (χ3v) is 4.12. The first-order valence-electron chi connectivity index (χ1n) is 6.48. The van der Waals surface area contributed by atoms with Crippen molar-refractivity contribution in [1.82, 2.24) is 5.32 Å². The number of amides is 1. The first kappa shape index (κ1) is 15.0. The van der Waals surface area contributed by atoms with Crippen molar-refractivity contribution in [1.29, 1.82) is 0 Å². The van der Waals surface area contributed by atoms with E-state index in [9.17, 15) is 13.2 Å². The molecule has 110 valence electrons.